The SMILES string of the molecule is CCCCC(Sc1nc2ccccc2c(=O)n1-c1cc(C)ccn1)C(=O)OC. The minimum absolute atomic E-state index is 0.203. The maximum atomic E-state index is 13.2. The monoisotopic (exact) mass is 397 g/mol. The van der Waals surface area contributed by atoms with Crippen molar-refractivity contribution in [1.82, 2.24) is 14.5 Å². The Kier molecular flexibility index (Phi) is 6.46. The van der Waals surface area contributed by atoms with Gasteiger partial charge in [-0.2, -0.15) is 0 Å². The quantitative estimate of drug-likeness (QED) is 0.342. The molecule has 0 radical (unpaired) electrons. The zero-order valence-electron chi connectivity index (χ0n) is 16.2. The van der Waals surface area contributed by atoms with Gasteiger partial charge in [0.25, 0.3) is 5.56 Å². The summed E-state index contributed by atoms with van der Waals surface area (Å²) < 4.78 is 6.46. The summed E-state index contributed by atoms with van der Waals surface area (Å²) in [5.74, 6) is 0.175. The second kappa shape index (κ2) is 9.01. The lowest BCUT2D eigenvalue weighted by Crippen LogP contribution is -2.25. The number of para-hydroxylation sites is 1. The minimum atomic E-state index is -0.436. The molecule has 0 spiro atoms. The number of ether oxygens (including phenoxy) is 1. The average molecular weight is 398 g/mol. The fourth-order valence-corrected chi connectivity index (χ4v) is 4.07. The molecule has 3 aromatic rings. The van der Waals surface area contributed by atoms with Gasteiger partial charge in [-0.3, -0.25) is 9.59 Å². The second-order valence-electron chi connectivity index (χ2n) is 6.52. The number of aromatic nitrogens is 3. The molecule has 2 heterocycles. The summed E-state index contributed by atoms with van der Waals surface area (Å²) in [5.41, 5.74) is 1.37. The topological polar surface area (TPSA) is 74.1 Å². The predicted molar refractivity (Wildman–Crippen MR) is 111 cm³/mol. The van der Waals surface area contributed by atoms with Gasteiger partial charge in [0.05, 0.1) is 18.0 Å². The van der Waals surface area contributed by atoms with Crippen LogP contribution in [-0.2, 0) is 9.53 Å². The molecule has 0 bridgehead atoms. The Bertz CT molecular complexity index is 1050. The molecule has 0 fully saturated rings. The van der Waals surface area contributed by atoms with Gasteiger partial charge in [0.15, 0.2) is 5.16 Å². The lowest BCUT2D eigenvalue weighted by molar-refractivity contribution is -0.140. The van der Waals surface area contributed by atoms with Gasteiger partial charge in [-0.05, 0) is 43.2 Å². The van der Waals surface area contributed by atoms with Crippen LogP contribution in [0.5, 0.6) is 0 Å². The van der Waals surface area contributed by atoms with Crippen molar-refractivity contribution in [2.45, 2.75) is 43.5 Å². The van der Waals surface area contributed by atoms with E-state index >= 15 is 0 Å². The maximum Gasteiger partial charge on any atom is 0.319 e. The van der Waals surface area contributed by atoms with Gasteiger partial charge < -0.3 is 4.74 Å². The van der Waals surface area contributed by atoms with Crippen LogP contribution in [0.3, 0.4) is 0 Å². The Morgan fingerprint density at radius 1 is 1.29 bits per heavy atom. The van der Waals surface area contributed by atoms with Crippen molar-refractivity contribution in [2.75, 3.05) is 7.11 Å². The van der Waals surface area contributed by atoms with Crippen LogP contribution in [0, 0.1) is 6.92 Å². The Hall–Kier alpha value is -2.67. The van der Waals surface area contributed by atoms with E-state index in [-0.39, 0.29) is 11.5 Å². The largest absolute Gasteiger partial charge is 0.468 e. The number of hydrogen-bond donors (Lipinski definition) is 0. The van der Waals surface area contributed by atoms with Crippen molar-refractivity contribution >= 4 is 28.6 Å². The molecule has 2 aromatic heterocycles. The van der Waals surface area contributed by atoms with Gasteiger partial charge >= 0.3 is 5.97 Å². The van der Waals surface area contributed by atoms with E-state index in [1.807, 2.05) is 31.2 Å². The molecule has 146 valence electrons. The van der Waals surface area contributed by atoms with Crippen molar-refractivity contribution in [1.29, 1.82) is 0 Å². The van der Waals surface area contributed by atoms with E-state index in [4.69, 9.17) is 4.74 Å². The van der Waals surface area contributed by atoms with Crippen LogP contribution < -0.4 is 5.56 Å². The van der Waals surface area contributed by atoms with Crippen LogP contribution >= 0.6 is 11.8 Å². The first-order chi connectivity index (χ1) is 13.5. The summed E-state index contributed by atoms with van der Waals surface area (Å²) in [7, 11) is 1.38. The summed E-state index contributed by atoms with van der Waals surface area (Å²) in [6, 6.07) is 10.9. The summed E-state index contributed by atoms with van der Waals surface area (Å²) in [6.45, 7) is 4.01. The van der Waals surface area contributed by atoms with Gasteiger partial charge in [-0.15, -0.1) is 0 Å². The first kappa shape index (κ1) is 20.1. The van der Waals surface area contributed by atoms with Gasteiger partial charge in [-0.25, -0.2) is 14.5 Å². The van der Waals surface area contributed by atoms with Crippen molar-refractivity contribution in [3.63, 3.8) is 0 Å². The van der Waals surface area contributed by atoms with E-state index in [9.17, 15) is 9.59 Å². The number of nitrogens with zero attached hydrogens (tertiary/aromatic N) is 3. The van der Waals surface area contributed by atoms with Crippen LogP contribution in [0.1, 0.15) is 31.7 Å². The summed E-state index contributed by atoms with van der Waals surface area (Å²) in [6.07, 6.45) is 4.16. The standard InChI is InChI=1S/C21H23N3O3S/c1-4-5-10-17(20(26)27-3)28-21-23-16-9-7-6-8-15(16)19(25)24(21)18-13-14(2)11-12-22-18/h6-9,11-13,17H,4-5,10H2,1-3H3. The molecule has 1 unspecified atom stereocenters. The number of carbonyl (C=O) groups excluding carboxylic acids is 1. The van der Waals surface area contributed by atoms with Gasteiger partial charge in [0, 0.05) is 6.20 Å². The van der Waals surface area contributed by atoms with Crippen molar-refractivity contribution < 1.29 is 9.53 Å². The zero-order chi connectivity index (χ0) is 20.1. The highest BCUT2D eigenvalue weighted by Crippen LogP contribution is 2.28. The lowest BCUT2D eigenvalue weighted by Gasteiger charge is -2.17. The first-order valence-electron chi connectivity index (χ1n) is 9.24. The van der Waals surface area contributed by atoms with Crippen LogP contribution in [0.2, 0.25) is 0 Å². The summed E-state index contributed by atoms with van der Waals surface area (Å²) >= 11 is 1.25. The molecule has 1 atom stereocenters. The van der Waals surface area contributed by atoms with E-state index in [2.05, 4.69) is 16.9 Å². The molecule has 6 nitrogen and oxygen atoms in total. The maximum absolute atomic E-state index is 13.2. The molecule has 0 saturated carbocycles. The molecule has 0 aliphatic rings. The van der Waals surface area contributed by atoms with Crippen LogP contribution in [0.25, 0.3) is 16.7 Å². The van der Waals surface area contributed by atoms with E-state index < -0.39 is 5.25 Å². The average Bonchev–Trinajstić information content (AvgIpc) is 2.70. The number of pyridine rings is 1. The van der Waals surface area contributed by atoms with Gasteiger partial charge in [0.1, 0.15) is 11.1 Å². The highest BCUT2D eigenvalue weighted by Gasteiger charge is 2.24. The highest BCUT2D eigenvalue weighted by atomic mass is 32.2. The van der Waals surface area contributed by atoms with E-state index in [0.717, 1.165) is 18.4 Å². The van der Waals surface area contributed by atoms with Crippen molar-refractivity contribution in [3.8, 4) is 5.82 Å². The molecule has 1 aromatic carbocycles. The number of fused-ring (bicyclic) bond motifs is 1. The number of methoxy groups -OCH3 is 1. The molecule has 0 N–H and O–H groups in total. The molecule has 3 rings (SSSR count). The molecular weight excluding hydrogens is 374 g/mol. The van der Waals surface area contributed by atoms with Crippen LogP contribution in [-0.4, -0.2) is 32.9 Å². The molecule has 0 amide bonds. The molecule has 0 saturated heterocycles. The van der Waals surface area contributed by atoms with Crippen molar-refractivity contribution in [3.05, 3.63) is 58.5 Å². The lowest BCUT2D eigenvalue weighted by atomic mass is 10.2. The third-order valence-electron chi connectivity index (χ3n) is 4.41. The number of carbonyl (C=O) groups is 1. The Morgan fingerprint density at radius 2 is 2.07 bits per heavy atom. The van der Waals surface area contributed by atoms with E-state index in [0.29, 0.717) is 28.3 Å². The number of hydrogen-bond acceptors (Lipinski definition) is 6. The van der Waals surface area contributed by atoms with E-state index in [1.54, 1.807) is 18.3 Å². The Morgan fingerprint density at radius 3 is 2.79 bits per heavy atom. The Balaban J connectivity index is 2.18. The number of aryl methyl sites for hydroxylation is 1. The van der Waals surface area contributed by atoms with Gasteiger partial charge in [0.2, 0.25) is 0 Å². The van der Waals surface area contributed by atoms with Crippen LogP contribution in [0.4, 0.5) is 0 Å². The molecule has 28 heavy (non-hydrogen) atoms. The number of benzene rings is 1. The number of unbranched alkanes of at least 4 members (excludes halogenated alkanes) is 1. The number of rotatable bonds is 7. The smallest absolute Gasteiger partial charge is 0.319 e. The fraction of sp³-hybridized carbons (Fsp3) is 0.333. The van der Waals surface area contributed by atoms with Crippen LogP contribution in [0.15, 0.2) is 52.5 Å². The third-order valence-corrected chi connectivity index (χ3v) is 5.60. The predicted octanol–water partition coefficient (Wildman–Crippen LogP) is 3.91. The summed E-state index contributed by atoms with van der Waals surface area (Å²) in [4.78, 5) is 34.6. The number of thioether (sulfide) groups is 1. The first-order valence-corrected chi connectivity index (χ1v) is 10.1. The normalized spacial score (nSPS) is 12.1. The van der Waals surface area contributed by atoms with E-state index in [1.165, 1.54) is 23.4 Å². The second-order valence-corrected chi connectivity index (χ2v) is 7.69. The van der Waals surface area contributed by atoms with Crippen molar-refractivity contribution in [2.24, 2.45) is 0 Å². The number of esters is 1. The Labute approximate surface area is 168 Å². The minimum Gasteiger partial charge on any atom is -0.468 e. The van der Waals surface area contributed by atoms with Gasteiger partial charge in [-0.1, -0.05) is 43.7 Å². The molecule has 0 aliphatic heterocycles. The molecule has 0 aliphatic carbocycles. The third kappa shape index (κ3) is 4.25. The molecular formula is C21H23N3O3S. The zero-order valence-corrected chi connectivity index (χ0v) is 17.0. The fourth-order valence-electron chi connectivity index (χ4n) is 2.91. The summed E-state index contributed by atoms with van der Waals surface area (Å²) in [5, 5.41) is 0.515. The highest BCUT2D eigenvalue weighted by molar-refractivity contribution is 8.00. The molecule has 7 heteroatoms.